The van der Waals surface area contributed by atoms with Crippen molar-refractivity contribution in [3.05, 3.63) is 125 Å². The Bertz CT molecular complexity index is 1620. The van der Waals surface area contributed by atoms with E-state index in [1.807, 2.05) is 41.3 Å². The van der Waals surface area contributed by atoms with E-state index in [0.717, 1.165) is 5.56 Å². The molecule has 43 heavy (non-hydrogen) atoms. The number of methoxy groups -OCH3 is 1. The van der Waals surface area contributed by atoms with E-state index in [2.05, 4.69) is 5.32 Å². The van der Waals surface area contributed by atoms with E-state index in [-0.39, 0.29) is 23.3 Å². The largest absolute Gasteiger partial charge is 0.497 e. The molecule has 1 fully saturated rings. The van der Waals surface area contributed by atoms with Crippen LogP contribution in [0, 0.1) is 5.82 Å². The molecule has 5 rings (SSSR count). The fourth-order valence-corrected chi connectivity index (χ4v) is 5.12. The molecule has 0 saturated carbocycles. The number of halogens is 1. The lowest BCUT2D eigenvalue weighted by Gasteiger charge is -2.37. The Kier molecular flexibility index (Phi) is 9.00. The number of benzene rings is 4. The number of carbonyl (C=O) groups excluding carboxylic acids is 3. The Morgan fingerprint density at radius 3 is 2.28 bits per heavy atom. The van der Waals surface area contributed by atoms with Crippen molar-refractivity contribution in [1.82, 2.24) is 9.80 Å². The van der Waals surface area contributed by atoms with Gasteiger partial charge in [0.15, 0.2) is 0 Å². The van der Waals surface area contributed by atoms with E-state index in [0.29, 0.717) is 61.0 Å². The SMILES string of the molecule is COc1cccc(C(=O)Nc2ccc(N3CCN(C(=O)c4ccccc4F)CC3)c(C(=O)N(C)Cc3ccccc3)c2)c1. The predicted octanol–water partition coefficient (Wildman–Crippen LogP) is 5.32. The highest BCUT2D eigenvalue weighted by atomic mass is 19.1. The quantitative estimate of drug-likeness (QED) is 0.305. The third-order valence-corrected chi connectivity index (χ3v) is 7.44. The van der Waals surface area contributed by atoms with Gasteiger partial charge in [0.25, 0.3) is 17.7 Å². The first-order chi connectivity index (χ1) is 20.8. The second-order valence-corrected chi connectivity index (χ2v) is 10.3. The lowest BCUT2D eigenvalue weighted by Crippen LogP contribution is -2.49. The molecule has 4 aromatic carbocycles. The number of amides is 3. The number of nitrogens with zero attached hydrogens (tertiary/aromatic N) is 3. The monoisotopic (exact) mass is 580 g/mol. The molecule has 0 bridgehead atoms. The zero-order chi connectivity index (χ0) is 30.3. The zero-order valence-electron chi connectivity index (χ0n) is 24.1. The van der Waals surface area contributed by atoms with Crippen LogP contribution in [0.2, 0.25) is 0 Å². The second kappa shape index (κ2) is 13.2. The van der Waals surface area contributed by atoms with Gasteiger partial charge in [-0.2, -0.15) is 0 Å². The summed E-state index contributed by atoms with van der Waals surface area (Å²) < 4.78 is 19.5. The molecular formula is C34H33FN4O4. The predicted molar refractivity (Wildman–Crippen MR) is 164 cm³/mol. The number of anilines is 2. The van der Waals surface area contributed by atoms with Crippen LogP contribution in [0.3, 0.4) is 0 Å². The second-order valence-electron chi connectivity index (χ2n) is 10.3. The van der Waals surface area contributed by atoms with E-state index in [1.165, 1.54) is 19.2 Å². The maximum Gasteiger partial charge on any atom is 0.256 e. The van der Waals surface area contributed by atoms with Gasteiger partial charge < -0.3 is 24.8 Å². The summed E-state index contributed by atoms with van der Waals surface area (Å²) in [7, 11) is 3.28. The standard InChI is InChI=1S/C34H33FN4O4/c1-37(23-24-9-4-3-5-10-24)33(41)29-22-26(36-32(40)25-11-8-12-27(21-25)43-2)15-16-31(29)38-17-19-39(20-18-38)34(42)28-13-6-7-14-30(28)35/h3-16,21-22H,17-20,23H2,1-2H3,(H,36,40). The molecule has 0 aromatic heterocycles. The minimum Gasteiger partial charge on any atom is -0.497 e. The number of hydrogen-bond donors (Lipinski definition) is 1. The number of ether oxygens (including phenoxy) is 1. The molecule has 1 heterocycles. The number of hydrogen-bond acceptors (Lipinski definition) is 5. The average molecular weight is 581 g/mol. The van der Waals surface area contributed by atoms with E-state index in [4.69, 9.17) is 4.74 Å². The zero-order valence-corrected chi connectivity index (χ0v) is 24.1. The van der Waals surface area contributed by atoms with Crippen LogP contribution in [0.4, 0.5) is 15.8 Å². The van der Waals surface area contributed by atoms with Crippen LogP contribution in [-0.2, 0) is 6.54 Å². The molecule has 9 heteroatoms. The molecule has 1 aliphatic rings. The van der Waals surface area contributed by atoms with Crippen LogP contribution in [0.25, 0.3) is 0 Å². The smallest absolute Gasteiger partial charge is 0.256 e. The molecule has 1 N–H and O–H groups in total. The molecule has 220 valence electrons. The van der Waals surface area contributed by atoms with Crippen LogP contribution >= 0.6 is 0 Å². The van der Waals surface area contributed by atoms with Gasteiger partial charge in [0, 0.05) is 56.7 Å². The number of piperazine rings is 1. The highest BCUT2D eigenvalue weighted by Gasteiger charge is 2.27. The first-order valence-electron chi connectivity index (χ1n) is 14.0. The van der Waals surface area contributed by atoms with Crippen molar-refractivity contribution in [2.24, 2.45) is 0 Å². The highest BCUT2D eigenvalue weighted by molar-refractivity contribution is 6.06. The van der Waals surface area contributed by atoms with E-state index in [1.54, 1.807) is 65.4 Å². The van der Waals surface area contributed by atoms with Gasteiger partial charge in [-0.3, -0.25) is 14.4 Å². The van der Waals surface area contributed by atoms with Gasteiger partial charge in [0.05, 0.1) is 18.2 Å². The van der Waals surface area contributed by atoms with E-state index in [9.17, 15) is 18.8 Å². The van der Waals surface area contributed by atoms with E-state index < -0.39 is 5.82 Å². The van der Waals surface area contributed by atoms with Crippen molar-refractivity contribution in [2.45, 2.75) is 6.54 Å². The van der Waals surface area contributed by atoms with Crippen LogP contribution in [0.5, 0.6) is 5.75 Å². The van der Waals surface area contributed by atoms with Crippen molar-refractivity contribution >= 4 is 29.1 Å². The minimum atomic E-state index is -0.546. The maximum atomic E-state index is 14.2. The number of carbonyl (C=O) groups is 3. The summed E-state index contributed by atoms with van der Waals surface area (Å²) >= 11 is 0. The van der Waals surface area contributed by atoms with Crippen molar-refractivity contribution in [1.29, 1.82) is 0 Å². The highest BCUT2D eigenvalue weighted by Crippen LogP contribution is 2.28. The van der Waals surface area contributed by atoms with Gasteiger partial charge in [0.1, 0.15) is 11.6 Å². The van der Waals surface area contributed by atoms with Crippen LogP contribution in [0.15, 0.2) is 97.1 Å². The Morgan fingerprint density at radius 2 is 1.56 bits per heavy atom. The fourth-order valence-electron chi connectivity index (χ4n) is 5.12. The van der Waals surface area contributed by atoms with Crippen molar-refractivity contribution in [2.75, 3.05) is 50.6 Å². The summed E-state index contributed by atoms with van der Waals surface area (Å²) in [6.45, 7) is 2.06. The summed E-state index contributed by atoms with van der Waals surface area (Å²) in [5.41, 5.74) is 3.06. The van der Waals surface area contributed by atoms with Gasteiger partial charge in [-0.1, -0.05) is 48.5 Å². The molecule has 1 saturated heterocycles. The molecule has 3 amide bonds. The molecule has 4 aromatic rings. The molecule has 0 radical (unpaired) electrons. The first-order valence-corrected chi connectivity index (χ1v) is 14.0. The topological polar surface area (TPSA) is 82.2 Å². The normalized spacial score (nSPS) is 12.9. The van der Waals surface area contributed by atoms with Crippen LogP contribution in [0.1, 0.15) is 36.6 Å². The van der Waals surface area contributed by atoms with Gasteiger partial charge in [-0.25, -0.2) is 4.39 Å². The molecule has 8 nitrogen and oxygen atoms in total. The maximum absolute atomic E-state index is 14.2. The first kappa shape index (κ1) is 29.3. The Morgan fingerprint density at radius 1 is 0.837 bits per heavy atom. The third kappa shape index (κ3) is 6.83. The number of rotatable bonds is 8. The van der Waals surface area contributed by atoms with Crippen molar-refractivity contribution in [3.8, 4) is 5.75 Å². The Hall–Kier alpha value is -5.18. The molecule has 1 aliphatic heterocycles. The summed E-state index contributed by atoms with van der Waals surface area (Å²) in [6.07, 6.45) is 0. The molecule has 0 spiro atoms. The Balaban J connectivity index is 1.38. The average Bonchev–Trinajstić information content (AvgIpc) is 3.05. The lowest BCUT2D eigenvalue weighted by atomic mass is 10.1. The summed E-state index contributed by atoms with van der Waals surface area (Å²) in [5, 5.41) is 2.90. The summed E-state index contributed by atoms with van der Waals surface area (Å²) in [4.78, 5) is 45.2. The van der Waals surface area contributed by atoms with Gasteiger partial charge in [-0.05, 0) is 54.1 Å². The molecule has 0 unspecified atom stereocenters. The number of nitrogens with one attached hydrogen (secondary N) is 1. The van der Waals surface area contributed by atoms with Gasteiger partial charge >= 0.3 is 0 Å². The minimum absolute atomic E-state index is 0.0467. The van der Waals surface area contributed by atoms with Crippen LogP contribution in [-0.4, -0.2) is 67.9 Å². The summed E-state index contributed by atoms with van der Waals surface area (Å²) in [5.74, 6) is -0.874. The molecular weight excluding hydrogens is 547 g/mol. The van der Waals surface area contributed by atoms with Gasteiger partial charge in [-0.15, -0.1) is 0 Å². The Labute approximate surface area is 250 Å². The van der Waals surface area contributed by atoms with Gasteiger partial charge in [0.2, 0.25) is 0 Å². The van der Waals surface area contributed by atoms with Crippen LogP contribution < -0.4 is 15.0 Å². The third-order valence-electron chi connectivity index (χ3n) is 7.44. The lowest BCUT2D eigenvalue weighted by molar-refractivity contribution is 0.0738. The fraction of sp³-hybridized carbons (Fsp3) is 0.206. The van der Waals surface area contributed by atoms with Crippen molar-refractivity contribution < 1.29 is 23.5 Å². The van der Waals surface area contributed by atoms with Crippen molar-refractivity contribution in [3.63, 3.8) is 0 Å². The van der Waals surface area contributed by atoms with E-state index >= 15 is 0 Å². The summed E-state index contributed by atoms with van der Waals surface area (Å²) in [6, 6.07) is 27.8. The molecule has 0 aliphatic carbocycles. The molecule has 0 atom stereocenters.